The van der Waals surface area contributed by atoms with Gasteiger partial charge in [0.1, 0.15) is 5.82 Å². The van der Waals surface area contributed by atoms with Crippen LogP contribution in [-0.2, 0) is 16.3 Å². The predicted octanol–water partition coefficient (Wildman–Crippen LogP) is 1.83. The molecule has 2 aromatic rings. The highest BCUT2D eigenvalue weighted by molar-refractivity contribution is 7.91. The van der Waals surface area contributed by atoms with E-state index in [2.05, 4.69) is 5.10 Å². The smallest absolute Gasteiger partial charge is 0.257 e. The van der Waals surface area contributed by atoms with Crippen molar-refractivity contribution in [3.8, 4) is 5.69 Å². The number of carbonyl (C=O) groups excluding carboxylic acids is 1. The van der Waals surface area contributed by atoms with Crippen molar-refractivity contribution in [2.24, 2.45) is 0 Å². The Hall–Kier alpha value is -2.22. The highest BCUT2D eigenvalue weighted by atomic mass is 32.2. The van der Waals surface area contributed by atoms with Gasteiger partial charge >= 0.3 is 0 Å². The molecule has 1 atom stereocenters. The molecule has 0 radical (unpaired) electrons. The molecule has 1 saturated heterocycles. The maximum atomic E-state index is 13.1. The first kappa shape index (κ1) is 17.6. The molecule has 0 bridgehead atoms. The van der Waals surface area contributed by atoms with Gasteiger partial charge in [-0.15, -0.1) is 0 Å². The average Bonchev–Trinajstić information content (AvgIpc) is 3.17. The van der Waals surface area contributed by atoms with E-state index in [1.807, 2.05) is 6.92 Å². The van der Waals surface area contributed by atoms with Crippen LogP contribution in [0.5, 0.6) is 0 Å². The van der Waals surface area contributed by atoms with Gasteiger partial charge in [0.15, 0.2) is 9.84 Å². The molecule has 1 aliphatic heterocycles. The molecule has 0 spiro atoms. The Balaban J connectivity index is 1.90. The largest absolute Gasteiger partial charge is 0.338 e. The Labute approximate surface area is 146 Å². The van der Waals surface area contributed by atoms with Crippen molar-refractivity contribution < 1.29 is 17.6 Å². The summed E-state index contributed by atoms with van der Waals surface area (Å²) in [5.74, 6) is -0.465. The summed E-state index contributed by atoms with van der Waals surface area (Å²) < 4.78 is 38.1. The minimum Gasteiger partial charge on any atom is -0.338 e. The van der Waals surface area contributed by atoms with Crippen molar-refractivity contribution >= 4 is 15.7 Å². The van der Waals surface area contributed by atoms with Crippen molar-refractivity contribution in [3.05, 3.63) is 47.5 Å². The van der Waals surface area contributed by atoms with Gasteiger partial charge in [-0.2, -0.15) is 5.10 Å². The number of amides is 1. The van der Waals surface area contributed by atoms with Crippen LogP contribution in [0.1, 0.15) is 29.4 Å². The van der Waals surface area contributed by atoms with E-state index >= 15 is 0 Å². The third kappa shape index (κ3) is 3.44. The number of halogens is 1. The zero-order valence-corrected chi connectivity index (χ0v) is 15.0. The molecular formula is C17H20FN3O3S. The van der Waals surface area contributed by atoms with Gasteiger partial charge in [0, 0.05) is 13.1 Å². The van der Waals surface area contributed by atoms with E-state index < -0.39 is 9.84 Å². The predicted molar refractivity (Wildman–Crippen MR) is 92.1 cm³/mol. The maximum absolute atomic E-state index is 13.1. The Kier molecular flexibility index (Phi) is 4.64. The third-order valence-corrected chi connectivity index (χ3v) is 6.33. The second kappa shape index (κ2) is 6.59. The van der Waals surface area contributed by atoms with Gasteiger partial charge in [-0.05, 0) is 37.1 Å². The standard InChI is InChI=1S/C17H20FN3O3S/c1-3-16-15(10-19-21(16)13-6-4-12(18)5-7-13)17(22)20(2)14-8-9-25(23,24)11-14/h4-7,10,14H,3,8-9,11H2,1-2H3. The zero-order chi connectivity index (χ0) is 18.2. The van der Waals surface area contributed by atoms with Crippen molar-refractivity contribution in [3.63, 3.8) is 0 Å². The third-order valence-electron chi connectivity index (χ3n) is 4.58. The second-order valence-corrected chi connectivity index (χ2v) is 8.45. The van der Waals surface area contributed by atoms with Gasteiger partial charge in [-0.3, -0.25) is 4.79 Å². The number of hydrogen-bond donors (Lipinski definition) is 0. The lowest BCUT2D eigenvalue weighted by Gasteiger charge is -2.23. The van der Waals surface area contributed by atoms with Gasteiger partial charge in [-0.25, -0.2) is 17.5 Å². The summed E-state index contributed by atoms with van der Waals surface area (Å²) >= 11 is 0. The molecule has 0 N–H and O–H groups in total. The normalized spacial score (nSPS) is 19.1. The number of sulfone groups is 1. The molecule has 1 fully saturated rings. The number of nitrogens with zero attached hydrogens (tertiary/aromatic N) is 3. The van der Waals surface area contributed by atoms with Gasteiger partial charge < -0.3 is 4.90 Å². The SMILES string of the molecule is CCc1c(C(=O)N(C)C2CCS(=O)(=O)C2)cnn1-c1ccc(F)cc1. The van der Waals surface area contributed by atoms with Crippen LogP contribution in [0.25, 0.3) is 5.69 Å². The monoisotopic (exact) mass is 365 g/mol. The van der Waals surface area contributed by atoms with Gasteiger partial charge in [0.2, 0.25) is 0 Å². The number of benzene rings is 1. The molecule has 1 aliphatic rings. The Morgan fingerprint density at radius 2 is 2.04 bits per heavy atom. The highest BCUT2D eigenvalue weighted by Crippen LogP contribution is 2.22. The topological polar surface area (TPSA) is 72.3 Å². The van der Waals surface area contributed by atoms with Crippen molar-refractivity contribution in [2.75, 3.05) is 18.6 Å². The molecule has 25 heavy (non-hydrogen) atoms. The van der Waals surface area contributed by atoms with Gasteiger partial charge in [-0.1, -0.05) is 6.92 Å². The van der Waals surface area contributed by atoms with Crippen LogP contribution in [0.2, 0.25) is 0 Å². The van der Waals surface area contributed by atoms with E-state index in [4.69, 9.17) is 0 Å². The highest BCUT2D eigenvalue weighted by Gasteiger charge is 2.34. The molecular weight excluding hydrogens is 345 g/mol. The first-order valence-corrected chi connectivity index (χ1v) is 9.95. The Morgan fingerprint density at radius 3 is 2.60 bits per heavy atom. The van der Waals surface area contributed by atoms with Crippen LogP contribution in [0.3, 0.4) is 0 Å². The molecule has 0 saturated carbocycles. The van der Waals surface area contributed by atoms with Crippen LogP contribution in [0.15, 0.2) is 30.5 Å². The first-order valence-electron chi connectivity index (χ1n) is 8.13. The van der Waals surface area contributed by atoms with E-state index in [1.54, 1.807) is 23.9 Å². The fourth-order valence-electron chi connectivity index (χ4n) is 3.13. The van der Waals surface area contributed by atoms with E-state index in [0.717, 1.165) is 0 Å². The maximum Gasteiger partial charge on any atom is 0.257 e. The average molecular weight is 365 g/mol. The van der Waals surface area contributed by atoms with E-state index in [0.29, 0.717) is 29.8 Å². The van der Waals surface area contributed by atoms with Crippen molar-refractivity contribution in [1.29, 1.82) is 0 Å². The molecule has 1 unspecified atom stereocenters. The van der Waals surface area contributed by atoms with Crippen LogP contribution < -0.4 is 0 Å². The number of rotatable bonds is 4. The fourth-order valence-corrected chi connectivity index (χ4v) is 4.91. The molecule has 134 valence electrons. The van der Waals surface area contributed by atoms with Crippen molar-refractivity contribution in [1.82, 2.24) is 14.7 Å². The Bertz CT molecular complexity index is 890. The summed E-state index contributed by atoms with van der Waals surface area (Å²) in [6, 6.07) is 5.57. The summed E-state index contributed by atoms with van der Waals surface area (Å²) in [5, 5.41) is 4.27. The molecule has 1 aromatic carbocycles. The van der Waals surface area contributed by atoms with Gasteiger partial charge in [0.05, 0.1) is 34.6 Å². The summed E-state index contributed by atoms with van der Waals surface area (Å²) in [4.78, 5) is 14.3. The van der Waals surface area contributed by atoms with E-state index in [1.165, 1.54) is 23.2 Å². The lowest BCUT2D eigenvalue weighted by Crippen LogP contribution is -2.38. The summed E-state index contributed by atoms with van der Waals surface area (Å²) in [7, 11) is -1.44. The quantitative estimate of drug-likeness (QED) is 0.829. The summed E-state index contributed by atoms with van der Waals surface area (Å²) in [6.45, 7) is 1.91. The van der Waals surface area contributed by atoms with Gasteiger partial charge in [0.25, 0.3) is 5.91 Å². The van der Waals surface area contributed by atoms with Crippen LogP contribution in [0, 0.1) is 5.82 Å². The van der Waals surface area contributed by atoms with E-state index in [-0.39, 0.29) is 29.3 Å². The Morgan fingerprint density at radius 1 is 1.36 bits per heavy atom. The second-order valence-electron chi connectivity index (χ2n) is 6.22. The lowest BCUT2D eigenvalue weighted by molar-refractivity contribution is 0.0746. The lowest BCUT2D eigenvalue weighted by atomic mass is 10.1. The summed E-state index contributed by atoms with van der Waals surface area (Å²) in [5.41, 5.74) is 1.83. The summed E-state index contributed by atoms with van der Waals surface area (Å²) in [6.07, 6.45) is 2.51. The van der Waals surface area contributed by atoms with Crippen LogP contribution in [-0.4, -0.2) is 53.6 Å². The number of aromatic nitrogens is 2. The molecule has 3 rings (SSSR count). The zero-order valence-electron chi connectivity index (χ0n) is 14.1. The minimum atomic E-state index is -3.06. The minimum absolute atomic E-state index is 0.00278. The molecule has 2 heterocycles. The van der Waals surface area contributed by atoms with E-state index in [9.17, 15) is 17.6 Å². The number of carbonyl (C=O) groups is 1. The number of hydrogen-bond acceptors (Lipinski definition) is 4. The molecule has 1 aromatic heterocycles. The molecule has 8 heteroatoms. The van der Waals surface area contributed by atoms with Crippen LogP contribution in [0.4, 0.5) is 4.39 Å². The van der Waals surface area contributed by atoms with Crippen LogP contribution >= 0.6 is 0 Å². The molecule has 1 amide bonds. The first-order chi connectivity index (χ1) is 11.8. The molecule has 6 nitrogen and oxygen atoms in total. The van der Waals surface area contributed by atoms with Crippen molar-refractivity contribution in [2.45, 2.75) is 25.8 Å². The fraction of sp³-hybridized carbons (Fsp3) is 0.412. The molecule has 0 aliphatic carbocycles.